The van der Waals surface area contributed by atoms with Crippen molar-refractivity contribution >= 4 is 34.2 Å². The minimum atomic E-state index is -0.234. The van der Waals surface area contributed by atoms with E-state index in [1.807, 2.05) is 17.5 Å². The molecule has 1 aliphatic heterocycles. The summed E-state index contributed by atoms with van der Waals surface area (Å²) in [5.74, 6) is -0.762. The number of imide groups is 1. The van der Waals surface area contributed by atoms with Crippen molar-refractivity contribution < 1.29 is 14.4 Å². The first-order valence-corrected chi connectivity index (χ1v) is 11.1. The van der Waals surface area contributed by atoms with E-state index < -0.39 is 0 Å². The Morgan fingerprint density at radius 3 is 2.41 bits per heavy atom. The molecule has 1 aromatic heterocycles. The maximum absolute atomic E-state index is 12.5. The molecule has 1 aliphatic carbocycles. The number of hydrogen-bond donors (Lipinski definition) is 1. The average molecular weight is 412 g/mol. The molecular weight excluding hydrogens is 386 g/mol. The predicted molar refractivity (Wildman–Crippen MR) is 112 cm³/mol. The molecule has 7 heteroatoms. The van der Waals surface area contributed by atoms with Crippen LogP contribution >= 0.6 is 11.3 Å². The van der Waals surface area contributed by atoms with Crippen LogP contribution < -0.4 is 5.32 Å². The van der Waals surface area contributed by atoms with E-state index in [9.17, 15) is 14.4 Å². The van der Waals surface area contributed by atoms with E-state index in [0.717, 1.165) is 43.4 Å². The quantitative estimate of drug-likeness (QED) is 0.732. The minimum absolute atomic E-state index is 0.0943. The summed E-state index contributed by atoms with van der Waals surface area (Å²) in [4.78, 5) is 43.1. The van der Waals surface area contributed by atoms with Crippen LogP contribution in [0.3, 0.4) is 0 Å². The van der Waals surface area contributed by atoms with Gasteiger partial charge in [-0.1, -0.05) is 44.0 Å². The Kier molecular flexibility index (Phi) is 5.76. The Balaban J connectivity index is 1.33. The van der Waals surface area contributed by atoms with Gasteiger partial charge in [0.2, 0.25) is 17.7 Å². The molecule has 3 amide bonds. The first-order chi connectivity index (χ1) is 14.1. The highest BCUT2D eigenvalue weighted by atomic mass is 32.1. The van der Waals surface area contributed by atoms with Gasteiger partial charge in [0.05, 0.1) is 17.5 Å². The maximum atomic E-state index is 12.5. The van der Waals surface area contributed by atoms with Crippen molar-refractivity contribution in [3.63, 3.8) is 0 Å². The van der Waals surface area contributed by atoms with Gasteiger partial charge in [-0.3, -0.25) is 19.3 Å². The second kappa shape index (κ2) is 8.45. The molecule has 152 valence electrons. The number of fused-ring (bicyclic) bond motifs is 1. The van der Waals surface area contributed by atoms with Crippen molar-refractivity contribution in [3.05, 3.63) is 35.2 Å². The highest BCUT2D eigenvalue weighted by molar-refractivity contribution is 7.14. The van der Waals surface area contributed by atoms with E-state index in [4.69, 9.17) is 0 Å². The van der Waals surface area contributed by atoms with Crippen molar-refractivity contribution in [2.45, 2.75) is 45.4 Å². The number of nitrogens with zero attached hydrogens (tertiary/aromatic N) is 2. The number of amides is 3. The number of thiazole rings is 1. The summed E-state index contributed by atoms with van der Waals surface area (Å²) < 4.78 is 0. The number of hydrogen-bond acceptors (Lipinski definition) is 5. The summed E-state index contributed by atoms with van der Waals surface area (Å²) in [6, 6.07) is 8.22. The van der Waals surface area contributed by atoms with E-state index >= 15 is 0 Å². The van der Waals surface area contributed by atoms with Gasteiger partial charge in [-0.15, -0.1) is 11.3 Å². The van der Waals surface area contributed by atoms with Crippen molar-refractivity contribution in [2.24, 2.45) is 11.8 Å². The Morgan fingerprint density at radius 1 is 1.14 bits per heavy atom. The second-order valence-electron chi connectivity index (χ2n) is 7.71. The van der Waals surface area contributed by atoms with Gasteiger partial charge >= 0.3 is 0 Å². The number of aromatic nitrogens is 1. The van der Waals surface area contributed by atoms with Gasteiger partial charge in [-0.25, -0.2) is 4.98 Å². The zero-order valence-corrected chi connectivity index (χ0v) is 17.3. The van der Waals surface area contributed by atoms with E-state index in [-0.39, 0.29) is 42.5 Å². The first kappa shape index (κ1) is 19.8. The molecule has 2 fully saturated rings. The normalized spacial score (nSPS) is 21.3. The number of nitrogens with one attached hydrogen (secondary N) is 1. The number of carbonyl (C=O) groups excluding carboxylic acids is 3. The zero-order chi connectivity index (χ0) is 20.4. The molecule has 0 unspecified atom stereocenters. The third kappa shape index (κ3) is 4.10. The van der Waals surface area contributed by atoms with Gasteiger partial charge in [-0.05, 0) is 24.8 Å². The summed E-state index contributed by atoms with van der Waals surface area (Å²) in [6.07, 6.45) is 4.67. The number of rotatable bonds is 6. The molecule has 2 aliphatic rings. The van der Waals surface area contributed by atoms with Gasteiger partial charge < -0.3 is 5.32 Å². The van der Waals surface area contributed by atoms with E-state index in [1.165, 1.54) is 21.8 Å². The van der Waals surface area contributed by atoms with Gasteiger partial charge in [0.25, 0.3) is 0 Å². The van der Waals surface area contributed by atoms with Crippen molar-refractivity contribution in [1.82, 2.24) is 9.88 Å². The number of anilines is 1. The second-order valence-corrected chi connectivity index (χ2v) is 8.57. The topological polar surface area (TPSA) is 79.4 Å². The van der Waals surface area contributed by atoms with Crippen LogP contribution in [0.2, 0.25) is 0 Å². The van der Waals surface area contributed by atoms with Crippen molar-refractivity contribution in [2.75, 3.05) is 11.9 Å². The van der Waals surface area contributed by atoms with Crippen LogP contribution in [-0.2, 0) is 20.8 Å². The Morgan fingerprint density at radius 2 is 1.79 bits per heavy atom. The summed E-state index contributed by atoms with van der Waals surface area (Å²) in [5, 5.41) is 5.23. The lowest BCUT2D eigenvalue weighted by atomic mass is 9.81. The lowest BCUT2D eigenvalue weighted by molar-refractivity contribution is -0.140. The summed E-state index contributed by atoms with van der Waals surface area (Å²) in [6.45, 7) is 2.26. The third-order valence-electron chi connectivity index (χ3n) is 5.90. The fourth-order valence-electron chi connectivity index (χ4n) is 4.22. The molecule has 6 nitrogen and oxygen atoms in total. The molecule has 1 aromatic carbocycles. The van der Waals surface area contributed by atoms with Gasteiger partial charge in [0.1, 0.15) is 0 Å². The van der Waals surface area contributed by atoms with Crippen LogP contribution in [0.1, 0.15) is 44.6 Å². The van der Waals surface area contributed by atoms with Crippen LogP contribution in [0, 0.1) is 11.8 Å². The highest BCUT2D eigenvalue weighted by Gasteiger charge is 2.47. The van der Waals surface area contributed by atoms with Crippen LogP contribution in [0.25, 0.3) is 11.3 Å². The molecule has 2 aromatic rings. The summed E-state index contributed by atoms with van der Waals surface area (Å²) >= 11 is 1.37. The molecule has 1 saturated heterocycles. The highest BCUT2D eigenvalue weighted by Crippen LogP contribution is 2.38. The fourth-order valence-corrected chi connectivity index (χ4v) is 4.96. The average Bonchev–Trinajstić information content (AvgIpc) is 3.30. The smallest absolute Gasteiger partial charge is 0.233 e. The van der Waals surface area contributed by atoms with Gasteiger partial charge in [0.15, 0.2) is 5.13 Å². The monoisotopic (exact) mass is 411 g/mol. The maximum Gasteiger partial charge on any atom is 0.233 e. The van der Waals surface area contributed by atoms with Crippen molar-refractivity contribution in [1.29, 1.82) is 0 Å². The molecule has 1 N–H and O–H groups in total. The van der Waals surface area contributed by atoms with Crippen LogP contribution in [-0.4, -0.2) is 34.2 Å². The van der Waals surface area contributed by atoms with Crippen LogP contribution in [0.5, 0.6) is 0 Å². The van der Waals surface area contributed by atoms with Gasteiger partial charge in [-0.2, -0.15) is 0 Å². The number of likely N-dealkylation sites (tertiary alicyclic amines) is 1. The Bertz CT molecular complexity index is 898. The number of benzene rings is 1. The summed E-state index contributed by atoms with van der Waals surface area (Å²) in [7, 11) is 0. The van der Waals surface area contributed by atoms with Crippen LogP contribution in [0.4, 0.5) is 5.13 Å². The minimum Gasteiger partial charge on any atom is -0.302 e. The van der Waals surface area contributed by atoms with Crippen LogP contribution in [0.15, 0.2) is 29.6 Å². The Labute approximate surface area is 174 Å². The molecule has 4 rings (SSSR count). The summed E-state index contributed by atoms with van der Waals surface area (Å²) in [5.41, 5.74) is 3.10. The zero-order valence-electron chi connectivity index (χ0n) is 16.5. The molecular formula is C22H25N3O3S. The molecule has 0 spiro atoms. The SMILES string of the molecule is CCc1ccc(-c2csc(NC(=O)CCN3C(=O)[C@H]4CCCC[C@H]4C3=O)n2)cc1. The standard InChI is InChI=1S/C22H25N3O3S/c1-2-14-7-9-15(10-8-14)18-13-29-22(23-18)24-19(26)11-12-25-20(27)16-5-3-4-6-17(16)21(25)28/h7-10,13,16-17H,2-6,11-12H2,1H3,(H,23,24,26)/t16-,17+. The molecule has 2 atom stereocenters. The molecule has 0 bridgehead atoms. The Hall–Kier alpha value is -2.54. The third-order valence-corrected chi connectivity index (χ3v) is 6.66. The van der Waals surface area contributed by atoms with E-state index in [1.54, 1.807) is 0 Å². The first-order valence-electron chi connectivity index (χ1n) is 10.3. The molecule has 29 heavy (non-hydrogen) atoms. The predicted octanol–water partition coefficient (Wildman–Crippen LogP) is 3.88. The largest absolute Gasteiger partial charge is 0.302 e. The van der Waals surface area contributed by atoms with E-state index in [0.29, 0.717) is 5.13 Å². The fraction of sp³-hybridized carbons (Fsp3) is 0.455. The van der Waals surface area contributed by atoms with E-state index in [2.05, 4.69) is 29.4 Å². The molecule has 0 radical (unpaired) electrons. The lowest BCUT2D eigenvalue weighted by Crippen LogP contribution is -2.34. The number of aryl methyl sites for hydroxylation is 1. The van der Waals surface area contributed by atoms with Gasteiger partial charge in [0, 0.05) is 23.9 Å². The molecule has 1 saturated carbocycles. The molecule has 2 heterocycles. The number of carbonyl (C=O) groups is 3. The van der Waals surface area contributed by atoms with Crippen molar-refractivity contribution in [3.8, 4) is 11.3 Å². The lowest BCUT2D eigenvalue weighted by Gasteiger charge is -2.19.